The Morgan fingerprint density at radius 1 is 1.06 bits per heavy atom. The zero-order valence-corrected chi connectivity index (χ0v) is 24.4. The van der Waals surface area contributed by atoms with Gasteiger partial charge in [0.1, 0.15) is 5.60 Å². The number of rotatable bonds is 12. The zero-order chi connectivity index (χ0) is 26.4. The quantitative estimate of drug-likeness (QED) is 0.240. The second-order valence-corrected chi connectivity index (χ2v) is 17.0. The van der Waals surface area contributed by atoms with Gasteiger partial charge in [0.25, 0.3) is 0 Å². The number of amides is 1. The van der Waals surface area contributed by atoms with Gasteiger partial charge in [-0.15, -0.1) is 0 Å². The zero-order valence-electron chi connectivity index (χ0n) is 23.4. The van der Waals surface area contributed by atoms with Gasteiger partial charge >= 0.3 is 6.09 Å². The summed E-state index contributed by atoms with van der Waals surface area (Å²) < 4.78 is 14.1. The number of nitrogens with two attached hydrogens (primary N) is 1. The summed E-state index contributed by atoms with van der Waals surface area (Å²) in [5, 5.41) is 2.81. The molecule has 0 aliphatic heterocycles. The Morgan fingerprint density at radius 2 is 1.69 bits per heavy atom. The summed E-state index contributed by atoms with van der Waals surface area (Å²) in [7, 11) is -1.92. The van der Waals surface area contributed by atoms with Crippen LogP contribution in [0.5, 0.6) is 0 Å². The molecule has 0 radical (unpaired) electrons. The second kappa shape index (κ2) is 12.3. The van der Waals surface area contributed by atoms with Crippen LogP contribution >= 0.6 is 0 Å². The third kappa shape index (κ3) is 7.71. The van der Waals surface area contributed by atoms with Crippen molar-refractivity contribution in [1.82, 2.24) is 14.9 Å². The van der Waals surface area contributed by atoms with Gasteiger partial charge < -0.3 is 24.8 Å². The highest BCUT2D eigenvalue weighted by Gasteiger charge is 2.44. The minimum Gasteiger partial charge on any atom is -0.444 e. The van der Waals surface area contributed by atoms with E-state index in [4.69, 9.17) is 14.9 Å². The fourth-order valence-electron chi connectivity index (χ4n) is 5.30. The number of nitrogens with zero attached hydrogens (tertiary/aromatic N) is 2. The highest BCUT2D eigenvalue weighted by molar-refractivity contribution is 6.77. The molecule has 35 heavy (non-hydrogen) atoms. The summed E-state index contributed by atoms with van der Waals surface area (Å²) in [6, 6.07) is 6.38. The highest BCUT2D eigenvalue weighted by Crippen LogP contribution is 2.42. The number of fused-ring (bicyclic) bond motifs is 1. The van der Waals surface area contributed by atoms with Crippen molar-refractivity contribution >= 4 is 31.4 Å². The third-order valence-corrected chi connectivity index (χ3v) is 12.8. The van der Waals surface area contributed by atoms with Crippen LogP contribution < -0.4 is 11.1 Å². The van der Waals surface area contributed by atoms with Gasteiger partial charge in [-0.1, -0.05) is 47.6 Å². The minimum atomic E-state index is -1.92. The Bertz CT molecular complexity index is 941. The smallest absolute Gasteiger partial charge is 0.407 e. The summed E-state index contributed by atoms with van der Waals surface area (Å²) in [6.45, 7) is 21.5. The Hall–Kier alpha value is -2.06. The van der Waals surface area contributed by atoms with Crippen LogP contribution in [0.4, 0.5) is 10.7 Å². The minimum absolute atomic E-state index is 0.364. The van der Waals surface area contributed by atoms with Gasteiger partial charge in [-0.3, -0.25) is 0 Å². The molecule has 0 atom stereocenters. The van der Waals surface area contributed by atoms with Crippen LogP contribution in [-0.4, -0.2) is 36.1 Å². The van der Waals surface area contributed by atoms with Crippen molar-refractivity contribution in [2.45, 2.75) is 117 Å². The normalized spacial score (nSPS) is 12.8. The molecular weight excluding hydrogens is 456 g/mol. The monoisotopic (exact) mass is 504 g/mol. The number of anilines is 1. The number of aryl methyl sites for hydroxylation is 1. The van der Waals surface area contributed by atoms with Crippen molar-refractivity contribution in [3.8, 4) is 0 Å². The number of ether oxygens (including phenoxy) is 1. The van der Waals surface area contributed by atoms with Crippen LogP contribution in [0.15, 0.2) is 18.2 Å². The molecule has 0 fully saturated rings. The maximum absolute atomic E-state index is 11.7. The fourth-order valence-corrected chi connectivity index (χ4v) is 10.7. The van der Waals surface area contributed by atoms with Gasteiger partial charge in [0, 0.05) is 13.1 Å². The topological polar surface area (TPSA) is 91.4 Å². The molecule has 0 aliphatic rings. The van der Waals surface area contributed by atoms with E-state index >= 15 is 0 Å². The number of hydrogen-bond donors (Lipinski definition) is 2. The van der Waals surface area contributed by atoms with Gasteiger partial charge in [-0.25, -0.2) is 9.78 Å². The van der Waals surface area contributed by atoms with Gasteiger partial charge in [0.2, 0.25) is 14.3 Å². The van der Waals surface area contributed by atoms with Crippen molar-refractivity contribution in [3.63, 3.8) is 0 Å². The molecule has 3 N–H and O–H groups in total. The van der Waals surface area contributed by atoms with Crippen LogP contribution in [0.3, 0.4) is 0 Å². The standard InChI is InChI=1S/C27H48N4O3Si/c1-19(2)35(20(3)4,21(5)6)33-18-22-13-14-24-23(17-22)30-25(28)31(24)16-12-10-11-15-29-26(32)34-27(7,8)9/h13-14,17,19-21H,10-12,15-16,18H2,1-9H3,(H2,28,30)(H,29,32). The first-order valence-electron chi connectivity index (χ1n) is 13.1. The van der Waals surface area contributed by atoms with E-state index < -0.39 is 13.9 Å². The maximum atomic E-state index is 11.7. The van der Waals surface area contributed by atoms with E-state index in [2.05, 4.69) is 74.6 Å². The number of carbonyl (C=O) groups is 1. The lowest BCUT2D eigenvalue weighted by atomic mass is 10.2. The van der Waals surface area contributed by atoms with Crippen LogP contribution in [-0.2, 0) is 22.3 Å². The third-order valence-electron chi connectivity index (χ3n) is 6.76. The molecule has 0 bridgehead atoms. The van der Waals surface area contributed by atoms with E-state index in [1.807, 2.05) is 20.8 Å². The van der Waals surface area contributed by atoms with Gasteiger partial charge in [-0.05, 0) is 74.4 Å². The first-order chi connectivity index (χ1) is 16.3. The van der Waals surface area contributed by atoms with Crippen LogP contribution in [0, 0.1) is 0 Å². The molecular formula is C27H48N4O3Si. The molecule has 0 saturated carbocycles. The van der Waals surface area contributed by atoms with E-state index in [0.717, 1.165) is 42.4 Å². The van der Waals surface area contributed by atoms with Crippen molar-refractivity contribution in [1.29, 1.82) is 0 Å². The van der Waals surface area contributed by atoms with Crippen molar-refractivity contribution in [2.24, 2.45) is 0 Å². The molecule has 198 valence electrons. The number of unbranched alkanes of at least 4 members (excludes halogenated alkanes) is 2. The summed E-state index contributed by atoms with van der Waals surface area (Å²) in [4.78, 5) is 16.3. The maximum Gasteiger partial charge on any atom is 0.407 e. The Morgan fingerprint density at radius 3 is 2.26 bits per heavy atom. The summed E-state index contributed by atoms with van der Waals surface area (Å²) >= 11 is 0. The Labute approximate surface area is 213 Å². The lowest BCUT2D eigenvalue weighted by molar-refractivity contribution is 0.0527. The number of nitrogens with one attached hydrogen (secondary N) is 1. The van der Waals surface area contributed by atoms with Gasteiger partial charge in [0.05, 0.1) is 17.6 Å². The molecule has 1 aromatic carbocycles. The van der Waals surface area contributed by atoms with Crippen molar-refractivity contribution in [3.05, 3.63) is 23.8 Å². The predicted octanol–water partition coefficient (Wildman–Crippen LogP) is 7.01. The van der Waals surface area contributed by atoms with Crippen LogP contribution in [0.25, 0.3) is 11.0 Å². The van der Waals surface area contributed by atoms with E-state index in [9.17, 15) is 4.79 Å². The van der Waals surface area contributed by atoms with Crippen LogP contribution in [0.2, 0.25) is 16.6 Å². The van der Waals surface area contributed by atoms with Gasteiger partial charge in [0.15, 0.2) is 0 Å². The Balaban J connectivity index is 1.94. The molecule has 0 aliphatic carbocycles. The number of imidazole rings is 1. The van der Waals surface area contributed by atoms with Crippen molar-refractivity contribution < 1.29 is 14.0 Å². The molecule has 0 saturated heterocycles. The molecule has 1 aromatic heterocycles. The molecule has 8 heteroatoms. The molecule has 1 amide bonds. The van der Waals surface area contributed by atoms with E-state index in [1.165, 1.54) is 0 Å². The summed E-state index contributed by atoms with van der Waals surface area (Å²) in [5.74, 6) is 0.542. The molecule has 7 nitrogen and oxygen atoms in total. The number of hydrogen-bond acceptors (Lipinski definition) is 5. The second-order valence-electron chi connectivity index (χ2n) is 11.5. The number of aromatic nitrogens is 2. The molecule has 0 unspecified atom stereocenters. The Kier molecular flexibility index (Phi) is 10.2. The number of alkyl carbamates (subject to hydrolysis) is 1. The lowest BCUT2D eigenvalue weighted by Crippen LogP contribution is -2.47. The number of carbonyl (C=O) groups excluding carboxylic acids is 1. The summed E-state index contributed by atoms with van der Waals surface area (Å²) in [5.41, 5.74) is 10.6. The average molecular weight is 505 g/mol. The first-order valence-corrected chi connectivity index (χ1v) is 15.3. The number of nitrogen functional groups attached to an aromatic ring is 1. The predicted molar refractivity (Wildman–Crippen MR) is 148 cm³/mol. The average Bonchev–Trinajstić information content (AvgIpc) is 3.03. The fraction of sp³-hybridized carbons (Fsp3) is 0.704. The van der Waals surface area contributed by atoms with E-state index in [1.54, 1.807) is 0 Å². The number of benzene rings is 1. The summed E-state index contributed by atoms with van der Waals surface area (Å²) in [6.07, 6.45) is 2.47. The molecule has 0 spiro atoms. The molecule has 2 rings (SSSR count). The van der Waals surface area contributed by atoms with E-state index in [-0.39, 0.29) is 6.09 Å². The van der Waals surface area contributed by atoms with Crippen molar-refractivity contribution in [2.75, 3.05) is 12.3 Å². The van der Waals surface area contributed by atoms with Crippen LogP contribution in [0.1, 0.15) is 87.1 Å². The molecule has 2 aromatic rings. The van der Waals surface area contributed by atoms with E-state index in [0.29, 0.717) is 35.7 Å². The van der Waals surface area contributed by atoms with Gasteiger partial charge in [-0.2, -0.15) is 0 Å². The lowest BCUT2D eigenvalue weighted by Gasteiger charge is -2.42. The SMILES string of the molecule is CC(C)[Si](OCc1ccc2c(c1)nc(N)n2CCCCCNC(=O)OC(C)(C)C)(C(C)C)C(C)C. The first kappa shape index (κ1) is 29.2. The highest BCUT2D eigenvalue weighted by atomic mass is 28.4. The molecule has 1 heterocycles. The largest absolute Gasteiger partial charge is 0.444 e.